The molecule has 1 fully saturated rings. The van der Waals surface area contributed by atoms with Gasteiger partial charge < -0.3 is 14.6 Å². The average molecular weight is 585 g/mol. The van der Waals surface area contributed by atoms with Gasteiger partial charge in [-0.25, -0.2) is 4.79 Å². The van der Waals surface area contributed by atoms with Gasteiger partial charge in [0.05, 0.1) is 10.9 Å². The minimum absolute atomic E-state index is 0.0146. The van der Waals surface area contributed by atoms with E-state index in [4.69, 9.17) is 0 Å². The van der Waals surface area contributed by atoms with Crippen molar-refractivity contribution in [2.24, 2.45) is 0 Å². The molecule has 0 saturated heterocycles. The van der Waals surface area contributed by atoms with Crippen LogP contribution in [0.15, 0.2) is 106 Å². The van der Waals surface area contributed by atoms with Gasteiger partial charge >= 0.3 is 23.7 Å². The molecule has 0 amide bonds. The van der Waals surface area contributed by atoms with Crippen LogP contribution >= 0.6 is 0 Å². The van der Waals surface area contributed by atoms with Crippen LogP contribution in [0, 0.1) is 0 Å². The number of esters is 1. The summed E-state index contributed by atoms with van der Waals surface area (Å²) in [5, 5.41) is 9.90. The van der Waals surface area contributed by atoms with Crippen LogP contribution in [-0.4, -0.2) is 35.8 Å². The molecule has 0 aliphatic heterocycles. The largest absolute Gasteiger partial charge is 0.544 e. The lowest BCUT2D eigenvalue weighted by Gasteiger charge is -2.32. The average Bonchev–Trinajstić information content (AvgIpc) is 2.95. The maximum absolute atomic E-state index is 13.2. The van der Waals surface area contributed by atoms with Crippen molar-refractivity contribution in [2.75, 3.05) is 0 Å². The number of carbonyl (C=O) groups is 2. The zero-order valence-electron chi connectivity index (χ0n) is 21.1. The summed E-state index contributed by atoms with van der Waals surface area (Å²) in [6, 6.07) is 32.2. The van der Waals surface area contributed by atoms with E-state index in [2.05, 4.69) is 95.7 Å². The molecule has 1 aliphatic carbocycles. The number of carbonyl (C=O) groups excluding carboxylic acids is 2. The third kappa shape index (κ3) is 6.99. The number of aliphatic carboxylic acids is 1. The van der Waals surface area contributed by atoms with Crippen molar-refractivity contribution in [1.82, 2.24) is 0 Å². The first-order valence-corrected chi connectivity index (χ1v) is 13.6. The Bertz CT molecular complexity index is 1140. The van der Waals surface area contributed by atoms with E-state index in [0.29, 0.717) is 12.8 Å². The van der Waals surface area contributed by atoms with Crippen LogP contribution in [0.5, 0.6) is 0 Å². The molecule has 0 radical (unpaired) electrons. The van der Waals surface area contributed by atoms with Crippen LogP contribution in [0.1, 0.15) is 32.1 Å². The summed E-state index contributed by atoms with van der Waals surface area (Å²) in [5.74, 6) is -25.3. The molecule has 0 N–H and O–H groups in total. The number of ether oxygens (including phenoxy) is 1. The molecular weight excluding hydrogens is 558 g/mol. The maximum Gasteiger partial charge on any atom is 0.411 e. The molecule has 0 heterocycles. The van der Waals surface area contributed by atoms with Crippen molar-refractivity contribution in [3.63, 3.8) is 0 Å². The van der Waals surface area contributed by atoms with E-state index in [1.807, 2.05) is 0 Å². The summed E-state index contributed by atoms with van der Waals surface area (Å²) in [6.07, 6.45) is 0.965. The molecule has 40 heavy (non-hydrogen) atoms. The first-order chi connectivity index (χ1) is 18.9. The quantitative estimate of drug-likeness (QED) is 0.177. The lowest BCUT2D eigenvalue weighted by molar-refractivity contribution is -0.366. The summed E-state index contributed by atoms with van der Waals surface area (Å²) in [7, 11) is -0.0146. The Morgan fingerprint density at radius 2 is 1.02 bits per heavy atom. The fraction of sp³-hybridized carbons (Fsp3) is 0.310. The first-order valence-electron chi connectivity index (χ1n) is 12.3. The van der Waals surface area contributed by atoms with Crippen LogP contribution in [0.2, 0.25) is 0 Å². The van der Waals surface area contributed by atoms with Gasteiger partial charge in [0.25, 0.3) is 0 Å². The lowest BCUT2D eigenvalue weighted by Crippen LogP contribution is -2.64. The summed E-state index contributed by atoms with van der Waals surface area (Å²) in [6.45, 7) is 0. The van der Waals surface area contributed by atoms with Crippen molar-refractivity contribution in [1.29, 1.82) is 0 Å². The van der Waals surface area contributed by atoms with Gasteiger partial charge in [-0.05, 0) is 62.1 Å². The van der Waals surface area contributed by atoms with Gasteiger partial charge in [0.15, 0.2) is 14.7 Å². The highest BCUT2D eigenvalue weighted by atomic mass is 32.2. The molecule has 0 atom stereocenters. The number of hydrogen-bond donors (Lipinski definition) is 0. The van der Waals surface area contributed by atoms with Crippen LogP contribution in [0.4, 0.5) is 26.3 Å². The number of halogens is 6. The molecule has 214 valence electrons. The zero-order chi connectivity index (χ0) is 29.4. The number of carboxylic acid groups (broad SMARTS) is 1. The Balaban J connectivity index is 0.000000221. The predicted molar refractivity (Wildman–Crippen MR) is 134 cm³/mol. The highest BCUT2D eigenvalue weighted by molar-refractivity contribution is 7.97. The maximum atomic E-state index is 13.2. The van der Waals surface area contributed by atoms with Gasteiger partial charge in [0.1, 0.15) is 12.1 Å². The number of hydrogen-bond acceptors (Lipinski definition) is 4. The molecule has 4 rings (SSSR count). The highest BCUT2D eigenvalue weighted by Gasteiger charge is 2.76. The Morgan fingerprint density at radius 1 is 0.650 bits per heavy atom. The van der Waals surface area contributed by atoms with Crippen molar-refractivity contribution in [2.45, 2.75) is 70.7 Å². The summed E-state index contributed by atoms with van der Waals surface area (Å²) in [5.41, 5.74) is 0. The third-order valence-corrected chi connectivity index (χ3v) is 8.29. The van der Waals surface area contributed by atoms with E-state index in [9.17, 15) is 41.0 Å². The standard InChI is InChI=1S/C18H15S.C11H12F6O4/c1-4-10-16(11-5-1)19(17-12-6-2-7-13-17)18-14-8-3-9-15-18;12-9(13,7(18)19)11(16,17)10(14,15)8(20)21-6-4-2-1-3-5-6/h1-15H;6H,1-5H2,(H,18,19)/q+1;/p-1. The molecule has 0 bridgehead atoms. The van der Waals surface area contributed by atoms with Gasteiger partial charge in [0, 0.05) is 0 Å². The van der Waals surface area contributed by atoms with Gasteiger partial charge in [-0.3, -0.25) is 0 Å². The zero-order valence-corrected chi connectivity index (χ0v) is 21.9. The summed E-state index contributed by atoms with van der Waals surface area (Å²) >= 11 is 0. The number of rotatable bonds is 8. The van der Waals surface area contributed by atoms with Crippen LogP contribution in [0.3, 0.4) is 0 Å². The van der Waals surface area contributed by atoms with Gasteiger partial charge in [-0.2, -0.15) is 26.3 Å². The Labute approximate surface area is 230 Å². The molecule has 1 aliphatic rings. The van der Waals surface area contributed by atoms with Crippen LogP contribution in [0.25, 0.3) is 0 Å². The Morgan fingerprint density at radius 3 is 1.38 bits per heavy atom. The second kappa shape index (κ2) is 13.3. The summed E-state index contributed by atoms with van der Waals surface area (Å²) < 4.78 is 81.9. The third-order valence-electron chi connectivity index (χ3n) is 6.06. The molecule has 3 aromatic rings. The minimum Gasteiger partial charge on any atom is -0.544 e. The SMILES string of the molecule is O=C([O-])C(F)(F)C(F)(F)C(F)(F)C(=O)OC1CCCCC1.c1ccc([S+](c2ccccc2)c2ccccc2)cc1. The lowest BCUT2D eigenvalue weighted by atomic mass is 9.97. The van der Waals surface area contributed by atoms with Gasteiger partial charge in [-0.15, -0.1) is 0 Å². The molecule has 0 spiro atoms. The van der Waals surface area contributed by atoms with Crippen molar-refractivity contribution in [3.05, 3.63) is 91.0 Å². The van der Waals surface area contributed by atoms with E-state index >= 15 is 0 Å². The first kappa shape index (κ1) is 31.1. The molecule has 0 unspecified atom stereocenters. The molecule has 1 saturated carbocycles. The number of carboxylic acids is 1. The van der Waals surface area contributed by atoms with Gasteiger partial charge in [-0.1, -0.05) is 61.0 Å². The Hall–Kier alpha value is -3.47. The number of alkyl halides is 6. The second-order valence-electron chi connectivity index (χ2n) is 8.92. The van der Waals surface area contributed by atoms with E-state index < -0.39 is 35.8 Å². The van der Waals surface area contributed by atoms with Gasteiger partial charge in [0.2, 0.25) is 0 Å². The van der Waals surface area contributed by atoms with E-state index in [1.54, 1.807) is 0 Å². The second-order valence-corrected chi connectivity index (χ2v) is 10.9. The van der Waals surface area contributed by atoms with Crippen molar-refractivity contribution < 1.29 is 45.8 Å². The normalized spacial score (nSPS) is 14.7. The fourth-order valence-corrected chi connectivity index (χ4v) is 6.04. The fourth-order valence-electron chi connectivity index (χ4n) is 3.94. The molecule has 0 aromatic heterocycles. The highest BCUT2D eigenvalue weighted by Crippen LogP contribution is 2.46. The molecule has 3 aromatic carbocycles. The van der Waals surface area contributed by atoms with E-state index in [-0.39, 0.29) is 23.7 Å². The molecule has 4 nitrogen and oxygen atoms in total. The van der Waals surface area contributed by atoms with Crippen molar-refractivity contribution in [3.8, 4) is 0 Å². The van der Waals surface area contributed by atoms with Crippen LogP contribution in [-0.2, 0) is 25.2 Å². The van der Waals surface area contributed by atoms with E-state index in [1.165, 1.54) is 14.7 Å². The smallest absolute Gasteiger partial charge is 0.411 e. The molecular formula is C29H26F6O4S. The minimum atomic E-state index is -6.47. The predicted octanol–water partition coefficient (Wildman–Crippen LogP) is 6.30. The Kier molecular flexibility index (Phi) is 10.3. The monoisotopic (exact) mass is 584 g/mol. The van der Waals surface area contributed by atoms with Crippen LogP contribution < -0.4 is 5.11 Å². The molecule has 11 heteroatoms. The van der Waals surface area contributed by atoms with Crippen molar-refractivity contribution >= 4 is 22.8 Å². The number of benzene rings is 3. The van der Waals surface area contributed by atoms with E-state index in [0.717, 1.165) is 6.42 Å². The topological polar surface area (TPSA) is 66.4 Å². The summed E-state index contributed by atoms with van der Waals surface area (Å²) in [4.78, 5) is 25.0.